The standard InChI is InChI=1S/C24H33N5O3/c1-24(2,3)32-23(31)28-14-12-27(13-15-28)22(30)26-20-10-7-11-21-19(20)16-25-29(21)17-18-8-5-4-6-9-18/h4-6,8-9,16,20H,7,10-15,17H2,1-3H3,(H,26,30). The van der Waals surface area contributed by atoms with Crippen LogP contribution in [0.25, 0.3) is 0 Å². The summed E-state index contributed by atoms with van der Waals surface area (Å²) in [6, 6.07) is 10.2. The lowest BCUT2D eigenvalue weighted by Gasteiger charge is -2.36. The number of fused-ring (bicyclic) bond motifs is 1. The molecule has 8 heteroatoms. The maximum absolute atomic E-state index is 12.9. The molecule has 2 aliphatic rings. The van der Waals surface area contributed by atoms with Crippen molar-refractivity contribution in [3.8, 4) is 0 Å². The Bertz CT molecular complexity index is 942. The minimum Gasteiger partial charge on any atom is -0.444 e. The van der Waals surface area contributed by atoms with Gasteiger partial charge in [0.15, 0.2) is 0 Å². The number of nitrogens with one attached hydrogen (secondary N) is 1. The van der Waals surface area contributed by atoms with E-state index in [9.17, 15) is 9.59 Å². The summed E-state index contributed by atoms with van der Waals surface area (Å²) in [6.07, 6.45) is 4.49. The van der Waals surface area contributed by atoms with Crippen molar-refractivity contribution in [3.05, 3.63) is 53.3 Å². The fourth-order valence-corrected chi connectivity index (χ4v) is 4.32. The van der Waals surface area contributed by atoms with Crippen LogP contribution in [-0.2, 0) is 17.7 Å². The second-order valence-electron chi connectivity index (χ2n) is 9.54. The lowest BCUT2D eigenvalue weighted by atomic mass is 9.93. The molecule has 1 atom stereocenters. The molecule has 1 aliphatic carbocycles. The van der Waals surface area contributed by atoms with Gasteiger partial charge in [0, 0.05) is 37.4 Å². The van der Waals surface area contributed by atoms with Gasteiger partial charge in [-0.3, -0.25) is 4.68 Å². The molecule has 0 bridgehead atoms. The van der Waals surface area contributed by atoms with Crippen LogP contribution < -0.4 is 5.32 Å². The first kappa shape index (κ1) is 22.2. The number of hydrogen-bond acceptors (Lipinski definition) is 4. The second kappa shape index (κ2) is 9.22. The molecule has 1 aliphatic heterocycles. The van der Waals surface area contributed by atoms with Gasteiger partial charge in [-0.05, 0) is 45.6 Å². The summed E-state index contributed by atoms with van der Waals surface area (Å²) >= 11 is 0. The Kier molecular flexibility index (Phi) is 6.39. The van der Waals surface area contributed by atoms with E-state index in [0.29, 0.717) is 26.2 Å². The number of rotatable bonds is 3. The molecule has 1 saturated heterocycles. The molecule has 1 aromatic carbocycles. The number of carbonyl (C=O) groups excluding carboxylic acids is 2. The van der Waals surface area contributed by atoms with E-state index in [0.717, 1.165) is 31.4 Å². The molecule has 172 valence electrons. The van der Waals surface area contributed by atoms with Crippen molar-refractivity contribution in [2.24, 2.45) is 0 Å². The predicted octanol–water partition coefficient (Wildman–Crippen LogP) is 3.57. The Morgan fingerprint density at radius 1 is 1.09 bits per heavy atom. The third-order valence-corrected chi connectivity index (χ3v) is 5.95. The fourth-order valence-electron chi connectivity index (χ4n) is 4.32. The summed E-state index contributed by atoms with van der Waals surface area (Å²) in [6.45, 7) is 8.26. The molecular weight excluding hydrogens is 406 g/mol. The van der Waals surface area contributed by atoms with Crippen LogP contribution >= 0.6 is 0 Å². The first-order valence-corrected chi connectivity index (χ1v) is 11.4. The molecule has 3 amide bonds. The molecule has 32 heavy (non-hydrogen) atoms. The van der Waals surface area contributed by atoms with Crippen molar-refractivity contribution < 1.29 is 14.3 Å². The van der Waals surface area contributed by atoms with Crippen molar-refractivity contribution in [1.29, 1.82) is 0 Å². The molecule has 1 unspecified atom stereocenters. The minimum absolute atomic E-state index is 0.0281. The maximum atomic E-state index is 12.9. The van der Waals surface area contributed by atoms with Crippen LogP contribution in [0.15, 0.2) is 36.5 Å². The van der Waals surface area contributed by atoms with Crippen LogP contribution in [0.3, 0.4) is 0 Å². The van der Waals surface area contributed by atoms with Gasteiger partial charge in [-0.1, -0.05) is 30.3 Å². The number of urea groups is 1. The normalized spacial score (nSPS) is 18.8. The Morgan fingerprint density at radius 2 is 1.78 bits per heavy atom. The molecule has 1 N–H and O–H groups in total. The van der Waals surface area contributed by atoms with Crippen molar-refractivity contribution in [1.82, 2.24) is 24.9 Å². The minimum atomic E-state index is -0.519. The highest BCUT2D eigenvalue weighted by atomic mass is 16.6. The topological polar surface area (TPSA) is 79.7 Å². The summed E-state index contributed by atoms with van der Waals surface area (Å²) in [5.74, 6) is 0. The van der Waals surface area contributed by atoms with Gasteiger partial charge in [-0.25, -0.2) is 9.59 Å². The van der Waals surface area contributed by atoms with Crippen LogP contribution in [0.5, 0.6) is 0 Å². The lowest BCUT2D eigenvalue weighted by Crippen LogP contribution is -2.54. The Balaban J connectivity index is 1.34. The molecule has 1 aromatic heterocycles. The number of ether oxygens (including phenoxy) is 1. The van der Waals surface area contributed by atoms with E-state index in [1.807, 2.05) is 45.2 Å². The lowest BCUT2D eigenvalue weighted by molar-refractivity contribution is 0.0169. The van der Waals surface area contributed by atoms with E-state index in [4.69, 9.17) is 4.74 Å². The van der Waals surface area contributed by atoms with Crippen LogP contribution in [0.2, 0.25) is 0 Å². The average molecular weight is 440 g/mol. The van der Waals surface area contributed by atoms with Gasteiger partial charge in [0.25, 0.3) is 0 Å². The molecule has 0 saturated carbocycles. The Labute approximate surface area is 189 Å². The van der Waals surface area contributed by atoms with Crippen molar-refractivity contribution >= 4 is 12.1 Å². The third kappa shape index (κ3) is 5.23. The van der Waals surface area contributed by atoms with E-state index < -0.39 is 5.60 Å². The number of nitrogens with zero attached hydrogens (tertiary/aromatic N) is 4. The molecule has 2 heterocycles. The molecule has 1 fully saturated rings. The summed E-state index contributed by atoms with van der Waals surface area (Å²) in [5, 5.41) is 7.82. The van der Waals surface area contributed by atoms with E-state index in [2.05, 4.69) is 27.2 Å². The molecule has 0 radical (unpaired) electrons. The van der Waals surface area contributed by atoms with Crippen LogP contribution in [-0.4, -0.2) is 63.5 Å². The summed E-state index contributed by atoms with van der Waals surface area (Å²) in [4.78, 5) is 28.6. The van der Waals surface area contributed by atoms with E-state index >= 15 is 0 Å². The van der Waals surface area contributed by atoms with Crippen LogP contribution in [0, 0.1) is 0 Å². The smallest absolute Gasteiger partial charge is 0.410 e. The van der Waals surface area contributed by atoms with Crippen molar-refractivity contribution in [2.75, 3.05) is 26.2 Å². The number of aromatic nitrogens is 2. The monoisotopic (exact) mass is 439 g/mol. The number of carbonyl (C=O) groups is 2. The SMILES string of the molecule is CC(C)(C)OC(=O)N1CCN(C(=O)NC2CCCc3c2cnn3Cc2ccccc2)CC1. The van der Waals surface area contributed by atoms with Crippen LogP contribution in [0.1, 0.15) is 56.5 Å². The highest BCUT2D eigenvalue weighted by Crippen LogP contribution is 2.30. The second-order valence-corrected chi connectivity index (χ2v) is 9.54. The zero-order valence-electron chi connectivity index (χ0n) is 19.2. The Morgan fingerprint density at radius 3 is 2.47 bits per heavy atom. The highest BCUT2D eigenvalue weighted by Gasteiger charge is 2.30. The first-order chi connectivity index (χ1) is 15.3. The molecule has 8 nitrogen and oxygen atoms in total. The van der Waals surface area contributed by atoms with Gasteiger partial charge in [0.1, 0.15) is 5.60 Å². The average Bonchev–Trinajstić information content (AvgIpc) is 3.17. The van der Waals surface area contributed by atoms with E-state index in [-0.39, 0.29) is 18.2 Å². The quantitative estimate of drug-likeness (QED) is 0.793. The summed E-state index contributed by atoms with van der Waals surface area (Å²) in [5.41, 5.74) is 3.02. The highest BCUT2D eigenvalue weighted by molar-refractivity contribution is 5.75. The van der Waals surface area contributed by atoms with Gasteiger partial charge in [-0.15, -0.1) is 0 Å². The zero-order chi connectivity index (χ0) is 22.7. The molecule has 4 rings (SSSR count). The summed E-state index contributed by atoms with van der Waals surface area (Å²) in [7, 11) is 0. The molecule has 2 aromatic rings. The third-order valence-electron chi connectivity index (χ3n) is 5.95. The van der Waals surface area contributed by atoms with Gasteiger partial charge in [0.2, 0.25) is 0 Å². The molecular formula is C24H33N5O3. The maximum Gasteiger partial charge on any atom is 0.410 e. The van der Waals surface area contributed by atoms with E-state index in [1.54, 1.807) is 9.80 Å². The summed E-state index contributed by atoms with van der Waals surface area (Å²) < 4.78 is 7.50. The number of amides is 3. The van der Waals surface area contributed by atoms with Crippen molar-refractivity contribution in [2.45, 2.75) is 58.2 Å². The van der Waals surface area contributed by atoms with Crippen molar-refractivity contribution in [3.63, 3.8) is 0 Å². The largest absolute Gasteiger partial charge is 0.444 e. The van der Waals surface area contributed by atoms with Gasteiger partial charge in [-0.2, -0.15) is 5.10 Å². The fraction of sp³-hybridized carbons (Fsp3) is 0.542. The predicted molar refractivity (Wildman–Crippen MR) is 121 cm³/mol. The number of benzene rings is 1. The van der Waals surface area contributed by atoms with Crippen LogP contribution in [0.4, 0.5) is 9.59 Å². The zero-order valence-corrected chi connectivity index (χ0v) is 19.2. The molecule has 0 spiro atoms. The Hall–Kier alpha value is -3.03. The number of hydrogen-bond donors (Lipinski definition) is 1. The van der Waals surface area contributed by atoms with E-state index in [1.165, 1.54) is 11.3 Å². The first-order valence-electron chi connectivity index (χ1n) is 11.4. The van der Waals surface area contributed by atoms with Gasteiger partial charge >= 0.3 is 12.1 Å². The number of piperazine rings is 1. The van der Waals surface area contributed by atoms with Gasteiger partial charge < -0.3 is 19.9 Å². The van der Waals surface area contributed by atoms with Gasteiger partial charge in [0.05, 0.1) is 18.8 Å².